The summed E-state index contributed by atoms with van der Waals surface area (Å²) in [5.41, 5.74) is 2.52. The summed E-state index contributed by atoms with van der Waals surface area (Å²) in [5.74, 6) is 0.868. The third kappa shape index (κ3) is 6.83. The van der Waals surface area contributed by atoms with E-state index in [2.05, 4.69) is 10.2 Å². The van der Waals surface area contributed by atoms with Gasteiger partial charge in [0.15, 0.2) is 9.84 Å². The molecule has 1 heterocycles. The number of fused-ring (bicyclic) bond motifs is 1. The molecule has 202 valence electrons. The molecule has 38 heavy (non-hydrogen) atoms. The van der Waals surface area contributed by atoms with Crippen LogP contribution in [0.1, 0.15) is 31.9 Å². The average Bonchev–Trinajstić information content (AvgIpc) is 2.88. The molecule has 9 heteroatoms. The monoisotopic (exact) mass is 540 g/mol. The first-order valence-electron chi connectivity index (χ1n) is 12.7. The van der Waals surface area contributed by atoms with Gasteiger partial charge in [-0.2, -0.15) is 0 Å². The van der Waals surface area contributed by atoms with Crippen LogP contribution in [0.25, 0.3) is 0 Å². The number of nitrogens with zero attached hydrogens (tertiary/aromatic N) is 1. The maximum atomic E-state index is 14.9. The van der Waals surface area contributed by atoms with Crippen molar-refractivity contribution in [3.63, 3.8) is 0 Å². The van der Waals surface area contributed by atoms with Crippen LogP contribution in [-0.4, -0.2) is 45.9 Å². The topological polar surface area (TPSA) is 84.9 Å². The lowest BCUT2D eigenvalue weighted by atomic mass is 10.1. The molecule has 0 spiro atoms. The number of sulfone groups is 1. The fourth-order valence-electron chi connectivity index (χ4n) is 4.29. The molecule has 0 saturated carbocycles. The van der Waals surface area contributed by atoms with Crippen LogP contribution >= 0.6 is 0 Å². The standard InChI is InChI=1S/C29H33FN2O5S/c1-4-38(34,35)25-10-5-21(6-11-25)17-29(33)31-23-8-7-22(26(30)18-23)13-14-32-15-16-36-28-12-9-24(19-27(28)32)37-20(2)3/h5-12,18-20H,4,13-17H2,1-3H3,(H,31,33). The minimum atomic E-state index is -3.29. The Bertz CT molecular complexity index is 1390. The van der Waals surface area contributed by atoms with Crippen molar-refractivity contribution < 1.29 is 27.1 Å². The van der Waals surface area contributed by atoms with E-state index in [0.717, 1.165) is 17.2 Å². The lowest BCUT2D eigenvalue weighted by Crippen LogP contribution is -2.34. The van der Waals surface area contributed by atoms with Gasteiger partial charge in [-0.3, -0.25) is 4.79 Å². The second-order valence-electron chi connectivity index (χ2n) is 9.46. The van der Waals surface area contributed by atoms with Gasteiger partial charge in [-0.1, -0.05) is 25.1 Å². The predicted molar refractivity (Wildman–Crippen MR) is 147 cm³/mol. The van der Waals surface area contributed by atoms with Gasteiger partial charge in [0, 0.05) is 18.3 Å². The van der Waals surface area contributed by atoms with Crippen molar-refractivity contribution in [1.29, 1.82) is 0 Å². The Morgan fingerprint density at radius 3 is 2.55 bits per heavy atom. The SMILES string of the molecule is CCS(=O)(=O)c1ccc(CC(=O)Nc2ccc(CCN3CCOc4ccc(OC(C)C)cc43)c(F)c2)cc1. The van der Waals surface area contributed by atoms with E-state index in [0.29, 0.717) is 42.9 Å². The molecular weight excluding hydrogens is 507 g/mol. The summed E-state index contributed by atoms with van der Waals surface area (Å²) in [4.78, 5) is 14.9. The van der Waals surface area contributed by atoms with Gasteiger partial charge < -0.3 is 19.7 Å². The summed E-state index contributed by atoms with van der Waals surface area (Å²) in [6.07, 6.45) is 0.598. The normalized spacial score (nSPS) is 13.1. The van der Waals surface area contributed by atoms with Crippen molar-refractivity contribution in [3.05, 3.63) is 77.6 Å². The zero-order valence-corrected chi connectivity index (χ0v) is 22.7. The number of carbonyl (C=O) groups is 1. The highest BCUT2D eigenvalue weighted by atomic mass is 32.2. The van der Waals surface area contributed by atoms with Crippen molar-refractivity contribution in [1.82, 2.24) is 0 Å². The van der Waals surface area contributed by atoms with Gasteiger partial charge in [0.2, 0.25) is 5.91 Å². The van der Waals surface area contributed by atoms with Crippen molar-refractivity contribution in [2.75, 3.05) is 35.7 Å². The second-order valence-corrected chi connectivity index (χ2v) is 11.7. The van der Waals surface area contributed by atoms with Gasteiger partial charge in [-0.05, 0) is 67.8 Å². The van der Waals surface area contributed by atoms with Crippen LogP contribution in [-0.2, 0) is 27.5 Å². The first kappa shape index (κ1) is 27.4. The van der Waals surface area contributed by atoms with Gasteiger partial charge in [-0.25, -0.2) is 12.8 Å². The van der Waals surface area contributed by atoms with Crippen LogP contribution in [0.15, 0.2) is 65.6 Å². The molecule has 1 aliphatic rings. The highest BCUT2D eigenvalue weighted by Gasteiger charge is 2.20. The molecule has 3 aromatic rings. The highest BCUT2D eigenvalue weighted by Crippen LogP contribution is 2.35. The molecule has 3 aromatic carbocycles. The van der Waals surface area contributed by atoms with Crippen LogP contribution in [0.2, 0.25) is 0 Å². The molecule has 0 radical (unpaired) electrons. The Kier molecular flexibility index (Phi) is 8.56. The van der Waals surface area contributed by atoms with E-state index in [-0.39, 0.29) is 34.9 Å². The summed E-state index contributed by atoms with van der Waals surface area (Å²) in [6.45, 7) is 7.39. The number of ether oxygens (including phenoxy) is 2. The van der Waals surface area contributed by atoms with Crippen LogP contribution in [0.3, 0.4) is 0 Å². The van der Waals surface area contributed by atoms with E-state index in [4.69, 9.17) is 9.47 Å². The van der Waals surface area contributed by atoms with Crippen molar-refractivity contribution >= 4 is 27.1 Å². The summed E-state index contributed by atoms with van der Waals surface area (Å²) < 4.78 is 50.4. The Morgan fingerprint density at radius 2 is 1.87 bits per heavy atom. The largest absolute Gasteiger partial charge is 0.491 e. The second kappa shape index (κ2) is 11.9. The number of carbonyl (C=O) groups excluding carboxylic acids is 1. The number of benzene rings is 3. The fraction of sp³-hybridized carbons (Fsp3) is 0.345. The minimum absolute atomic E-state index is 0.0162. The number of amides is 1. The van der Waals surface area contributed by atoms with E-state index in [1.165, 1.54) is 18.2 Å². The first-order chi connectivity index (χ1) is 18.1. The molecule has 7 nitrogen and oxygen atoms in total. The third-order valence-electron chi connectivity index (χ3n) is 6.28. The van der Waals surface area contributed by atoms with E-state index in [1.54, 1.807) is 31.2 Å². The zero-order valence-electron chi connectivity index (χ0n) is 21.9. The van der Waals surface area contributed by atoms with Crippen molar-refractivity contribution in [2.45, 2.75) is 44.6 Å². The molecule has 1 aliphatic heterocycles. The van der Waals surface area contributed by atoms with Gasteiger partial charge in [0.1, 0.15) is 23.9 Å². The van der Waals surface area contributed by atoms with Crippen molar-refractivity contribution in [2.24, 2.45) is 0 Å². The average molecular weight is 541 g/mol. The number of halogens is 1. The lowest BCUT2D eigenvalue weighted by Gasteiger charge is -2.31. The Balaban J connectivity index is 1.35. The molecule has 0 saturated heterocycles. The Morgan fingerprint density at radius 1 is 1.11 bits per heavy atom. The molecule has 0 aromatic heterocycles. The van der Waals surface area contributed by atoms with Gasteiger partial charge >= 0.3 is 0 Å². The molecule has 0 fully saturated rings. The van der Waals surface area contributed by atoms with Gasteiger partial charge in [0.25, 0.3) is 0 Å². The maximum absolute atomic E-state index is 14.9. The minimum Gasteiger partial charge on any atom is -0.491 e. The number of anilines is 2. The Hall–Kier alpha value is -3.59. The summed E-state index contributed by atoms with van der Waals surface area (Å²) >= 11 is 0. The van der Waals surface area contributed by atoms with Crippen LogP contribution in [0.4, 0.5) is 15.8 Å². The van der Waals surface area contributed by atoms with E-state index in [9.17, 15) is 17.6 Å². The Labute approximate surface area is 223 Å². The van der Waals surface area contributed by atoms with Gasteiger partial charge in [-0.15, -0.1) is 0 Å². The zero-order chi connectivity index (χ0) is 27.3. The lowest BCUT2D eigenvalue weighted by molar-refractivity contribution is -0.115. The third-order valence-corrected chi connectivity index (χ3v) is 8.03. The quantitative estimate of drug-likeness (QED) is 0.388. The number of rotatable bonds is 10. The van der Waals surface area contributed by atoms with Crippen LogP contribution in [0.5, 0.6) is 11.5 Å². The van der Waals surface area contributed by atoms with E-state index in [1.807, 2.05) is 32.0 Å². The highest BCUT2D eigenvalue weighted by molar-refractivity contribution is 7.91. The fourth-order valence-corrected chi connectivity index (χ4v) is 5.17. The van der Waals surface area contributed by atoms with Crippen molar-refractivity contribution in [3.8, 4) is 11.5 Å². The number of hydrogen-bond acceptors (Lipinski definition) is 6. The number of nitrogens with one attached hydrogen (secondary N) is 1. The van der Waals surface area contributed by atoms with E-state index >= 15 is 0 Å². The maximum Gasteiger partial charge on any atom is 0.228 e. The summed E-state index contributed by atoms with van der Waals surface area (Å²) in [5, 5.41) is 2.72. The first-order valence-corrected chi connectivity index (χ1v) is 14.4. The van der Waals surface area contributed by atoms with E-state index < -0.39 is 9.84 Å². The predicted octanol–water partition coefficient (Wildman–Crippen LogP) is 5.03. The molecule has 0 unspecified atom stereocenters. The molecule has 1 amide bonds. The smallest absolute Gasteiger partial charge is 0.228 e. The molecule has 0 bridgehead atoms. The van der Waals surface area contributed by atoms with Crippen LogP contribution < -0.4 is 19.7 Å². The van der Waals surface area contributed by atoms with Crippen LogP contribution in [0, 0.1) is 5.82 Å². The number of hydrogen-bond donors (Lipinski definition) is 1. The molecular formula is C29H33FN2O5S. The molecule has 0 aliphatic carbocycles. The summed E-state index contributed by atoms with van der Waals surface area (Å²) in [6, 6.07) is 16.7. The molecule has 1 N–H and O–H groups in total. The molecule has 4 rings (SSSR count). The van der Waals surface area contributed by atoms with Gasteiger partial charge in [0.05, 0.1) is 35.4 Å². The molecule has 0 atom stereocenters. The summed E-state index contributed by atoms with van der Waals surface area (Å²) in [7, 11) is -3.29.